The Kier molecular flexibility index (Phi) is 2.97. The molecule has 0 amide bonds. The molecule has 1 fully saturated rings. The number of nitrogens with one attached hydrogen (secondary N) is 2. The van der Waals surface area contributed by atoms with E-state index in [9.17, 15) is 0 Å². The van der Waals surface area contributed by atoms with Crippen LogP contribution in [-0.4, -0.2) is 27.7 Å². The largest absolute Gasteiger partial charge is 0.382 e. The zero-order chi connectivity index (χ0) is 13.5. The van der Waals surface area contributed by atoms with Gasteiger partial charge in [-0.1, -0.05) is 0 Å². The third kappa shape index (κ3) is 2.59. The third-order valence-electron chi connectivity index (χ3n) is 3.95. The van der Waals surface area contributed by atoms with Crippen molar-refractivity contribution < 1.29 is 0 Å². The highest BCUT2D eigenvalue weighted by Gasteiger charge is 2.27. The lowest BCUT2D eigenvalue weighted by atomic mass is 9.89. The molecule has 2 N–H and O–H groups in total. The zero-order valence-corrected chi connectivity index (χ0v) is 11.9. The van der Waals surface area contributed by atoms with E-state index in [-0.39, 0.29) is 5.54 Å². The van der Waals surface area contributed by atoms with Crippen LogP contribution in [0.1, 0.15) is 26.7 Å². The molecule has 2 aromatic rings. The van der Waals surface area contributed by atoms with Crippen LogP contribution >= 0.6 is 0 Å². The van der Waals surface area contributed by atoms with E-state index in [1.807, 2.05) is 17.9 Å². The molecule has 1 saturated heterocycles. The molecule has 1 aromatic heterocycles. The maximum absolute atomic E-state index is 4.41. The minimum absolute atomic E-state index is 0.227. The van der Waals surface area contributed by atoms with Gasteiger partial charge in [0.05, 0.1) is 17.4 Å². The molecule has 3 rings (SSSR count). The molecule has 102 valence electrons. The van der Waals surface area contributed by atoms with Gasteiger partial charge in [-0.25, -0.2) is 4.98 Å². The zero-order valence-electron chi connectivity index (χ0n) is 11.9. The number of fused-ring (bicyclic) bond motifs is 1. The van der Waals surface area contributed by atoms with E-state index in [1.165, 1.54) is 17.6 Å². The van der Waals surface area contributed by atoms with Crippen molar-refractivity contribution in [3.8, 4) is 0 Å². The van der Waals surface area contributed by atoms with E-state index in [4.69, 9.17) is 0 Å². The van der Waals surface area contributed by atoms with Crippen LogP contribution in [0, 0.1) is 0 Å². The summed E-state index contributed by atoms with van der Waals surface area (Å²) in [5.74, 6) is 0. The van der Waals surface area contributed by atoms with Gasteiger partial charge in [0.15, 0.2) is 0 Å². The van der Waals surface area contributed by atoms with E-state index in [2.05, 4.69) is 47.7 Å². The quantitative estimate of drug-likeness (QED) is 0.869. The molecule has 0 bridgehead atoms. The average molecular weight is 258 g/mol. The number of nitrogens with zero attached hydrogens (tertiary/aromatic N) is 2. The minimum Gasteiger partial charge on any atom is -0.382 e. The van der Waals surface area contributed by atoms with E-state index >= 15 is 0 Å². The molecule has 4 nitrogen and oxygen atoms in total. The topological polar surface area (TPSA) is 41.9 Å². The monoisotopic (exact) mass is 258 g/mol. The van der Waals surface area contributed by atoms with Crippen molar-refractivity contribution in [2.24, 2.45) is 7.05 Å². The maximum Gasteiger partial charge on any atom is 0.0955 e. The highest BCUT2D eigenvalue weighted by Crippen LogP contribution is 2.23. The summed E-state index contributed by atoms with van der Waals surface area (Å²) in [6, 6.07) is 6.97. The van der Waals surface area contributed by atoms with Gasteiger partial charge in [-0.3, -0.25) is 0 Å². The molecule has 1 aliphatic heterocycles. The van der Waals surface area contributed by atoms with Gasteiger partial charge in [0.1, 0.15) is 0 Å². The van der Waals surface area contributed by atoms with Gasteiger partial charge < -0.3 is 15.2 Å². The average Bonchev–Trinajstić information content (AvgIpc) is 2.69. The SMILES string of the molecule is Cn1cnc2cc(NC3CCNC(C)(C)C3)ccc21. The van der Waals surface area contributed by atoms with Crippen LogP contribution in [0.25, 0.3) is 11.0 Å². The summed E-state index contributed by atoms with van der Waals surface area (Å²) in [6.07, 6.45) is 4.18. The van der Waals surface area contributed by atoms with Gasteiger partial charge in [0.25, 0.3) is 0 Å². The summed E-state index contributed by atoms with van der Waals surface area (Å²) >= 11 is 0. The fourth-order valence-corrected chi connectivity index (χ4v) is 2.96. The van der Waals surface area contributed by atoms with Gasteiger partial charge in [0, 0.05) is 24.3 Å². The second kappa shape index (κ2) is 4.53. The van der Waals surface area contributed by atoms with Gasteiger partial charge in [-0.05, 0) is 51.4 Å². The van der Waals surface area contributed by atoms with Crippen LogP contribution < -0.4 is 10.6 Å². The van der Waals surface area contributed by atoms with E-state index < -0.39 is 0 Å². The summed E-state index contributed by atoms with van der Waals surface area (Å²) in [4.78, 5) is 4.41. The molecule has 4 heteroatoms. The van der Waals surface area contributed by atoms with E-state index in [1.54, 1.807) is 0 Å². The van der Waals surface area contributed by atoms with Gasteiger partial charge >= 0.3 is 0 Å². The molecule has 0 aliphatic carbocycles. The second-order valence-electron chi connectivity index (χ2n) is 6.20. The Hall–Kier alpha value is -1.55. The first kappa shape index (κ1) is 12.5. The summed E-state index contributed by atoms with van der Waals surface area (Å²) in [5.41, 5.74) is 3.64. The lowest BCUT2D eigenvalue weighted by molar-refractivity contribution is 0.286. The summed E-state index contributed by atoms with van der Waals surface area (Å²) in [6.45, 7) is 5.61. The van der Waals surface area contributed by atoms with Gasteiger partial charge in [-0.2, -0.15) is 0 Å². The molecule has 1 unspecified atom stereocenters. The Labute approximate surface area is 114 Å². The van der Waals surface area contributed by atoms with Crippen molar-refractivity contribution in [3.63, 3.8) is 0 Å². The molecule has 2 heterocycles. The molecule has 1 aromatic carbocycles. The summed E-state index contributed by atoms with van der Waals surface area (Å²) in [5, 5.41) is 7.20. The second-order valence-corrected chi connectivity index (χ2v) is 6.20. The molecule has 1 aliphatic rings. The molecule has 1 atom stereocenters. The van der Waals surface area contributed by atoms with Crippen molar-refractivity contribution in [1.29, 1.82) is 0 Å². The fraction of sp³-hybridized carbons (Fsp3) is 0.533. The van der Waals surface area contributed by atoms with Crippen molar-refractivity contribution in [2.75, 3.05) is 11.9 Å². The third-order valence-corrected chi connectivity index (χ3v) is 3.95. The maximum atomic E-state index is 4.41. The Morgan fingerprint density at radius 3 is 3.05 bits per heavy atom. The number of anilines is 1. The first-order valence-electron chi connectivity index (χ1n) is 6.96. The Morgan fingerprint density at radius 1 is 1.42 bits per heavy atom. The number of imidazole rings is 1. The predicted molar refractivity (Wildman–Crippen MR) is 79.4 cm³/mol. The van der Waals surface area contributed by atoms with Crippen LogP contribution in [0.3, 0.4) is 0 Å². The van der Waals surface area contributed by atoms with Crippen LogP contribution in [-0.2, 0) is 7.05 Å². The number of aryl methyl sites for hydroxylation is 1. The molecule has 0 spiro atoms. The van der Waals surface area contributed by atoms with Crippen molar-refractivity contribution in [1.82, 2.24) is 14.9 Å². The first-order chi connectivity index (χ1) is 9.03. The minimum atomic E-state index is 0.227. The number of rotatable bonds is 2. The summed E-state index contributed by atoms with van der Waals surface area (Å²) < 4.78 is 2.05. The Balaban J connectivity index is 1.77. The number of benzene rings is 1. The molecular formula is C15H22N4. The predicted octanol–water partition coefficient (Wildman–Crippen LogP) is 2.52. The number of piperidine rings is 1. The highest BCUT2D eigenvalue weighted by atomic mass is 15.0. The number of aromatic nitrogens is 2. The van der Waals surface area contributed by atoms with Crippen LogP contribution in [0.4, 0.5) is 5.69 Å². The smallest absolute Gasteiger partial charge is 0.0955 e. The van der Waals surface area contributed by atoms with E-state index in [0.717, 1.165) is 18.5 Å². The Bertz CT molecular complexity index is 585. The molecule has 0 saturated carbocycles. The normalized spacial score (nSPS) is 22.6. The van der Waals surface area contributed by atoms with Crippen LogP contribution in [0.15, 0.2) is 24.5 Å². The summed E-state index contributed by atoms with van der Waals surface area (Å²) in [7, 11) is 2.03. The van der Waals surface area contributed by atoms with Crippen molar-refractivity contribution in [3.05, 3.63) is 24.5 Å². The van der Waals surface area contributed by atoms with Crippen LogP contribution in [0.5, 0.6) is 0 Å². The number of hydrogen-bond acceptors (Lipinski definition) is 3. The lowest BCUT2D eigenvalue weighted by Gasteiger charge is -2.37. The highest BCUT2D eigenvalue weighted by molar-refractivity contribution is 5.79. The van der Waals surface area contributed by atoms with Crippen LogP contribution in [0.2, 0.25) is 0 Å². The Morgan fingerprint density at radius 2 is 2.26 bits per heavy atom. The standard InChI is InChI=1S/C15H22N4/c1-15(2)9-12(6-7-17-15)18-11-4-5-14-13(8-11)16-10-19(14)3/h4-5,8,10,12,17-18H,6-7,9H2,1-3H3. The number of hydrogen-bond donors (Lipinski definition) is 2. The fourth-order valence-electron chi connectivity index (χ4n) is 2.96. The lowest BCUT2D eigenvalue weighted by Crippen LogP contribution is -2.49. The van der Waals surface area contributed by atoms with Crippen molar-refractivity contribution >= 4 is 16.7 Å². The van der Waals surface area contributed by atoms with Crippen molar-refractivity contribution in [2.45, 2.75) is 38.3 Å². The van der Waals surface area contributed by atoms with Gasteiger partial charge in [-0.15, -0.1) is 0 Å². The molecule has 0 radical (unpaired) electrons. The van der Waals surface area contributed by atoms with Gasteiger partial charge in [0.2, 0.25) is 0 Å². The molecular weight excluding hydrogens is 236 g/mol. The first-order valence-corrected chi connectivity index (χ1v) is 6.96. The molecule has 19 heavy (non-hydrogen) atoms. The van der Waals surface area contributed by atoms with E-state index in [0.29, 0.717) is 6.04 Å².